The molecular formula is C14H21N5O2S. The van der Waals surface area contributed by atoms with Crippen LogP contribution in [0.3, 0.4) is 0 Å². The van der Waals surface area contributed by atoms with Gasteiger partial charge >= 0.3 is 0 Å². The molecular weight excluding hydrogens is 302 g/mol. The maximum atomic E-state index is 12.3. The van der Waals surface area contributed by atoms with Crippen LogP contribution in [-0.4, -0.2) is 43.3 Å². The highest BCUT2D eigenvalue weighted by Crippen LogP contribution is 2.25. The Balaban J connectivity index is 2.07. The first-order valence-corrected chi connectivity index (χ1v) is 8.00. The summed E-state index contributed by atoms with van der Waals surface area (Å²) in [4.78, 5) is 21.2. The van der Waals surface area contributed by atoms with Crippen molar-refractivity contribution in [2.24, 2.45) is 5.92 Å². The summed E-state index contributed by atoms with van der Waals surface area (Å²) in [5, 5.41) is 20.3. The monoisotopic (exact) mass is 323 g/mol. The molecule has 0 bridgehead atoms. The standard InChI is InChI=1S/C14H21N5O2S/c1-5-8(2)14(4,21)6-15-12(20)10-9(3)18-13(22-10)11-16-7-17-19-11/h7-8,21H,5-6H2,1-4H3,(H,15,20)(H,16,17,19). The van der Waals surface area contributed by atoms with Crippen LogP contribution >= 0.6 is 11.3 Å². The second kappa shape index (κ2) is 6.53. The Morgan fingerprint density at radius 1 is 1.59 bits per heavy atom. The number of hydrogen-bond donors (Lipinski definition) is 3. The number of aliphatic hydroxyl groups is 1. The number of aromatic amines is 1. The molecule has 0 radical (unpaired) electrons. The van der Waals surface area contributed by atoms with Crippen molar-refractivity contribution in [1.29, 1.82) is 0 Å². The van der Waals surface area contributed by atoms with Gasteiger partial charge in [0.2, 0.25) is 0 Å². The summed E-state index contributed by atoms with van der Waals surface area (Å²) in [5.74, 6) is 0.406. The van der Waals surface area contributed by atoms with E-state index in [0.717, 1.165) is 6.42 Å². The molecule has 2 unspecified atom stereocenters. The van der Waals surface area contributed by atoms with E-state index in [9.17, 15) is 9.90 Å². The van der Waals surface area contributed by atoms with Gasteiger partial charge in [0, 0.05) is 6.54 Å². The lowest BCUT2D eigenvalue weighted by molar-refractivity contribution is 0.00595. The van der Waals surface area contributed by atoms with Gasteiger partial charge in [0.15, 0.2) is 10.8 Å². The van der Waals surface area contributed by atoms with E-state index in [0.29, 0.717) is 21.4 Å². The molecule has 0 saturated heterocycles. The molecule has 7 nitrogen and oxygen atoms in total. The third-order valence-corrected chi connectivity index (χ3v) is 5.06. The van der Waals surface area contributed by atoms with E-state index in [-0.39, 0.29) is 18.4 Å². The van der Waals surface area contributed by atoms with Gasteiger partial charge in [0.25, 0.3) is 5.91 Å². The molecule has 2 rings (SSSR count). The molecule has 22 heavy (non-hydrogen) atoms. The molecule has 2 heterocycles. The first-order valence-electron chi connectivity index (χ1n) is 7.19. The minimum atomic E-state index is -0.934. The fraction of sp³-hybridized carbons (Fsp3) is 0.571. The fourth-order valence-electron chi connectivity index (χ4n) is 1.97. The largest absolute Gasteiger partial charge is 0.388 e. The minimum Gasteiger partial charge on any atom is -0.388 e. The quantitative estimate of drug-likeness (QED) is 0.751. The number of thiazole rings is 1. The van der Waals surface area contributed by atoms with Gasteiger partial charge in [-0.2, -0.15) is 5.10 Å². The summed E-state index contributed by atoms with van der Waals surface area (Å²) in [6.45, 7) is 7.69. The number of rotatable bonds is 6. The van der Waals surface area contributed by atoms with Crippen molar-refractivity contribution in [2.75, 3.05) is 6.54 Å². The van der Waals surface area contributed by atoms with Crippen molar-refractivity contribution in [1.82, 2.24) is 25.5 Å². The van der Waals surface area contributed by atoms with E-state index >= 15 is 0 Å². The van der Waals surface area contributed by atoms with Crippen molar-refractivity contribution < 1.29 is 9.90 Å². The zero-order valence-electron chi connectivity index (χ0n) is 13.2. The number of carbonyl (C=O) groups excluding carboxylic acids is 1. The highest BCUT2D eigenvalue weighted by atomic mass is 32.1. The van der Waals surface area contributed by atoms with Crippen LogP contribution in [0.1, 0.15) is 42.6 Å². The SMILES string of the molecule is CCC(C)C(C)(O)CNC(=O)c1sc(-c2ncn[nH]2)nc1C. The molecule has 0 aromatic carbocycles. The van der Waals surface area contributed by atoms with Crippen molar-refractivity contribution in [3.05, 3.63) is 16.9 Å². The molecule has 2 atom stereocenters. The van der Waals surface area contributed by atoms with Crippen LogP contribution < -0.4 is 5.32 Å². The second-order valence-electron chi connectivity index (χ2n) is 5.62. The van der Waals surface area contributed by atoms with Crippen LogP contribution in [0.5, 0.6) is 0 Å². The first kappa shape index (κ1) is 16.6. The third-order valence-electron chi connectivity index (χ3n) is 3.90. The number of H-pyrrole nitrogens is 1. The van der Waals surface area contributed by atoms with E-state index in [1.807, 2.05) is 13.8 Å². The summed E-state index contributed by atoms with van der Waals surface area (Å²) >= 11 is 1.25. The number of nitrogens with zero attached hydrogens (tertiary/aromatic N) is 3. The predicted octanol–water partition coefficient (Wildman–Crippen LogP) is 1.76. The average Bonchev–Trinajstić information content (AvgIpc) is 3.13. The molecule has 3 N–H and O–H groups in total. The lowest BCUT2D eigenvalue weighted by atomic mass is 9.88. The highest BCUT2D eigenvalue weighted by molar-refractivity contribution is 7.17. The summed E-state index contributed by atoms with van der Waals surface area (Å²) in [6, 6.07) is 0. The number of amides is 1. The van der Waals surface area contributed by atoms with Gasteiger partial charge in [-0.3, -0.25) is 9.89 Å². The lowest BCUT2D eigenvalue weighted by Crippen LogP contribution is -2.45. The van der Waals surface area contributed by atoms with Gasteiger partial charge in [-0.05, 0) is 19.8 Å². The topological polar surface area (TPSA) is 104 Å². The molecule has 8 heteroatoms. The molecule has 120 valence electrons. The van der Waals surface area contributed by atoms with Gasteiger partial charge < -0.3 is 10.4 Å². The Hall–Kier alpha value is -1.80. The Bertz CT molecular complexity index is 636. The minimum absolute atomic E-state index is 0.0973. The summed E-state index contributed by atoms with van der Waals surface area (Å²) in [6.07, 6.45) is 2.24. The zero-order valence-corrected chi connectivity index (χ0v) is 14.0. The molecule has 2 aromatic rings. The second-order valence-corrected chi connectivity index (χ2v) is 6.62. The van der Waals surface area contributed by atoms with Crippen molar-refractivity contribution in [2.45, 2.75) is 39.7 Å². The average molecular weight is 323 g/mol. The molecule has 2 aromatic heterocycles. The number of aromatic nitrogens is 4. The van der Waals surface area contributed by atoms with Gasteiger partial charge in [-0.25, -0.2) is 9.97 Å². The summed E-state index contributed by atoms with van der Waals surface area (Å²) in [7, 11) is 0. The maximum absolute atomic E-state index is 12.3. The number of carbonyl (C=O) groups is 1. The number of hydrogen-bond acceptors (Lipinski definition) is 6. The number of nitrogens with one attached hydrogen (secondary N) is 2. The zero-order chi connectivity index (χ0) is 16.3. The molecule has 0 aliphatic heterocycles. The summed E-state index contributed by atoms with van der Waals surface area (Å²) in [5.41, 5.74) is -0.298. The molecule has 0 aliphatic rings. The smallest absolute Gasteiger partial charge is 0.263 e. The van der Waals surface area contributed by atoms with Crippen LogP contribution in [0.15, 0.2) is 6.33 Å². The van der Waals surface area contributed by atoms with E-state index in [4.69, 9.17) is 0 Å². The highest BCUT2D eigenvalue weighted by Gasteiger charge is 2.28. The van der Waals surface area contributed by atoms with Crippen molar-refractivity contribution in [3.8, 4) is 10.8 Å². The van der Waals surface area contributed by atoms with E-state index in [2.05, 4.69) is 25.5 Å². The Kier molecular flexibility index (Phi) is 4.92. The van der Waals surface area contributed by atoms with Crippen LogP contribution in [0.2, 0.25) is 0 Å². The van der Waals surface area contributed by atoms with E-state index in [1.54, 1.807) is 13.8 Å². The lowest BCUT2D eigenvalue weighted by Gasteiger charge is -2.29. The van der Waals surface area contributed by atoms with Gasteiger partial charge in [0.1, 0.15) is 11.2 Å². The molecule has 0 spiro atoms. The molecule has 0 saturated carbocycles. The van der Waals surface area contributed by atoms with Gasteiger partial charge in [0.05, 0.1) is 11.3 Å². The van der Waals surface area contributed by atoms with Gasteiger partial charge in [-0.1, -0.05) is 20.3 Å². The molecule has 0 aliphatic carbocycles. The molecule has 0 fully saturated rings. The first-order chi connectivity index (χ1) is 10.3. The Labute approximate surface area is 133 Å². The summed E-state index contributed by atoms with van der Waals surface area (Å²) < 4.78 is 0. The van der Waals surface area contributed by atoms with Crippen LogP contribution in [0.4, 0.5) is 0 Å². The maximum Gasteiger partial charge on any atom is 0.263 e. The third kappa shape index (κ3) is 3.50. The number of aryl methyl sites for hydroxylation is 1. The van der Waals surface area contributed by atoms with Crippen LogP contribution in [0, 0.1) is 12.8 Å². The van der Waals surface area contributed by atoms with E-state index in [1.165, 1.54) is 17.7 Å². The van der Waals surface area contributed by atoms with Crippen molar-refractivity contribution >= 4 is 17.2 Å². The van der Waals surface area contributed by atoms with Crippen LogP contribution in [-0.2, 0) is 0 Å². The predicted molar refractivity (Wildman–Crippen MR) is 84.6 cm³/mol. The van der Waals surface area contributed by atoms with Crippen molar-refractivity contribution in [3.63, 3.8) is 0 Å². The molecule has 1 amide bonds. The Morgan fingerprint density at radius 2 is 2.32 bits per heavy atom. The normalized spacial score (nSPS) is 15.3. The Morgan fingerprint density at radius 3 is 2.91 bits per heavy atom. The van der Waals surface area contributed by atoms with E-state index < -0.39 is 5.60 Å². The fourth-order valence-corrected chi connectivity index (χ4v) is 2.90. The van der Waals surface area contributed by atoms with Crippen LogP contribution in [0.25, 0.3) is 10.8 Å². The van der Waals surface area contributed by atoms with Gasteiger partial charge in [-0.15, -0.1) is 11.3 Å².